The van der Waals surface area contributed by atoms with Gasteiger partial charge in [-0.2, -0.15) is 0 Å². The van der Waals surface area contributed by atoms with Crippen LogP contribution in [0.4, 0.5) is 0 Å². The number of nitrogens with zero attached hydrogens (tertiary/aromatic N) is 1. The monoisotopic (exact) mass is 169 g/mol. The quantitative estimate of drug-likeness (QED) is 0.551. The predicted octanol–water partition coefficient (Wildman–Crippen LogP) is 1.24. The molecule has 0 spiro atoms. The Labute approximate surface area is 70.6 Å². The normalized spacial score (nSPS) is 32.0. The van der Waals surface area contributed by atoms with E-state index in [4.69, 9.17) is 0 Å². The highest BCUT2D eigenvalue weighted by atomic mass is 32.2. The van der Waals surface area contributed by atoms with Crippen molar-refractivity contribution in [3.8, 4) is 0 Å². The van der Waals surface area contributed by atoms with Crippen molar-refractivity contribution in [2.45, 2.75) is 18.2 Å². The molecule has 0 amide bonds. The average molecular weight is 169 g/mol. The summed E-state index contributed by atoms with van der Waals surface area (Å²) in [5.41, 5.74) is 0. The molecule has 0 aromatic rings. The molecule has 0 aromatic carbocycles. The van der Waals surface area contributed by atoms with Crippen LogP contribution < -0.4 is 0 Å². The Morgan fingerprint density at radius 1 is 1.45 bits per heavy atom. The van der Waals surface area contributed by atoms with Crippen molar-refractivity contribution in [2.24, 2.45) is 0 Å². The van der Waals surface area contributed by atoms with Gasteiger partial charge in [-0.15, -0.1) is 0 Å². The standard InChI is InChI=1S/C8H11NOS/c10-8-4-3-7(11-8)9-5-1-2-6-9/h1-2,7H,3-6H2. The van der Waals surface area contributed by atoms with Crippen molar-refractivity contribution < 1.29 is 4.79 Å². The molecule has 0 bridgehead atoms. The lowest BCUT2D eigenvalue weighted by Crippen LogP contribution is -2.28. The first-order valence-corrected chi connectivity index (χ1v) is 4.83. The van der Waals surface area contributed by atoms with Crippen LogP contribution in [0.2, 0.25) is 0 Å². The summed E-state index contributed by atoms with van der Waals surface area (Å²) in [6.45, 7) is 2.07. The number of rotatable bonds is 1. The van der Waals surface area contributed by atoms with E-state index in [0.717, 1.165) is 25.9 Å². The molecule has 60 valence electrons. The van der Waals surface area contributed by atoms with Crippen LogP contribution in [0.3, 0.4) is 0 Å². The molecule has 0 saturated carbocycles. The fraction of sp³-hybridized carbons (Fsp3) is 0.625. The third kappa shape index (κ3) is 1.49. The Bertz CT molecular complexity index is 194. The fourth-order valence-corrected chi connectivity index (χ4v) is 2.59. The van der Waals surface area contributed by atoms with Crippen LogP contribution in [-0.2, 0) is 4.79 Å². The summed E-state index contributed by atoms with van der Waals surface area (Å²) < 4.78 is 0. The minimum Gasteiger partial charge on any atom is -0.287 e. The van der Waals surface area contributed by atoms with E-state index < -0.39 is 0 Å². The molecule has 1 saturated heterocycles. The van der Waals surface area contributed by atoms with Crippen LogP contribution in [0.15, 0.2) is 12.2 Å². The minimum absolute atomic E-state index is 0.363. The van der Waals surface area contributed by atoms with Gasteiger partial charge < -0.3 is 0 Å². The molecule has 2 aliphatic rings. The van der Waals surface area contributed by atoms with E-state index in [0.29, 0.717) is 10.5 Å². The lowest BCUT2D eigenvalue weighted by Gasteiger charge is -2.20. The third-order valence-electron chi connectivity index (χ3n) is 2.12. The highest BCUT2D eigenvalue weighted by Gasteiger charge is 2.28. The topological polar surface area (TPSA) is 20.3 Å². The summed E-state index contributed by atoms with van der Waals surface area (Å²) in [4.78, 5) is 13.3. The van der Waals surface area contributed by atoms with Gasteiger partial charge in [0.2, 0.25) is 0 Å². The van der Waals surface area contributed by atoms with Crippen LogP contribution in [0.1, 0.15) is 12.8 Å². The molecule has 2 rings (SSSR count). The van der Waals surface area contributed by atoms with Crippen LogP contribution in [-0.4, -0.2) is 28.5 Å². The second-order valence-corrected chi connectivity index (χ2v) is 4.14. The summed E-state index contributed by atoms with van der Waals surface area (Å²) in [5.74, 6) is 0. The lowest BCUT2D eigenvalue weighted by atomic mass is 10.3. The summed E-state index contributed by atoms with van der Waals surface area (Å²) in [5, 5.41) is 0.833. The van der Waals surface area contributed by atoms with E-state index in [-0.39, 0.29) is 0 Å². The molecule has 2 heterocycles. The molecule has 11 heavy (non-hydrogen) atoms. The Morgan fingerprint density at radius 3 is 2.73 bits per heavy atom. The Morgan fingerprint density at radius 2 is 2.18 bits per heavy atom. The van der Waals surface area contributed by atoms with Gasteiger partial charge in [-0.3, -0.25) is 9.69 Å². The summed E-state index contributed by atoms with van der Waals surface area (Å²) in [7, 11) is 0. The smallest absolute Gasteiger partial charge is 0.190 e. The first-order chi connectivity index (χ1) is 5.36. The fourth-order valence-electron chi connectivity index (χ4n) is 1.50. The maximum Gasteiger partial charge on any atom is 0.190 e. The molecule has 2 aliphatic heterocycles. The number of hydrogen-bond donors (Lipinski definition) is 0. The highest BCUT2D eigenvalue weighted by Crippen LogP contribution is 2.31. The van der Waals surface area contributed by atoms with Crippen LogP contribution in [0, 0.1) is 0 Å². The SMILES string of the molecule is O=C1CCC(N2CC=CC2)S1. The first kappa shape index (κ1) is 7.37. The average Bonchev–Trinajstić information content (AvgIpc) is 2.55. The predicted molar refractivity (Wildman–Crippen MR) is 46.3 cm³/mol. The van der Waals surface area contributed by atoms with Crippen molar-refractivity contribution in [3.63, 3.8) is 0 Å². The van der Waals surface area contributed by atoms with Crippen molar-refractivity contribution in [3.05, 3.63) is 12.2 Å². The van der Waals surface area contributed by atoms with E-state index in [9.17, 15) is 4.79 Å². The molecule has 0 aliphatic carbocycles. The number of hydrogen-bond acceptors (Lipinski definition) is 3. The van der Waals surface area contributed by atoms with Gasteiger partial charge in [0.1, 0.15) is 0 Å². The largest absolute Gasteiger partial charge is 0.287 e. The van der Waals surface area contributed by atoms with Crippen molar-refractivity contribution in [2.75, 3.05) is 13.1 Å². The number of thioether (sulfide) groups is 1. The summed E-state index contributed by atoms with van der Waals surface area (Å²) >= 11 is 1.51. The van der Waals surface area contributed by atoms with E-state index in [1.807, 2.05) is 0 Å². The summed E-state index contributed by atoms with van der Waals surface area (Å²) in [6.07, 6.45) is 6.16. The van der Waals surface area contributed by atoms with Gasteiger partial charge in [-0.1, -0.05) is 23.9 Å². The van der Waals surface area contributed by atoms with Gasteiger partial charge >= 0.3 is 0 Å². The van der Waals surface area contributed by atoms with E-state index in [2.05, 4.69) is 17.1 Å². The molecule has 0 N–H and O–H groups in total. The van der Waals surface area contributed by atoms with Gasteiger partial charge in [0, 0.05) is 19.5 Å². The van der Waals surface area contributed by atoms with Gasteiger partial charge in [-0.05, 0) is 6.42 Å². The summed E-state index contributed by atoms with van der Waals surface area (Å²) in [6, 6.07) is 0. The molecule has 1 fully saturated rings. The van der Waals surface area contributed by atoms with Gasteiger partial charge in [0.05, 0.1) is 5.37 Å². The van der Waals surface area contributed by atoms with E-state index in [1.54, 1.807) is 0 Å². The Balaban J connectivity index is 1.91. The van der Waals surface area contributed by atoms with Crippen LogP contribution >= 0.6 is 11.8 Å². The molecule has 1 unspecified atom stereocenters. The van der Waals surface area contributed by atoms with Gasteiger partial charge in [0.15, 0.2) is 5.12 Å². The zero-order valence-corrected chi connectivity index (χ0v) is 7.14. The maximum absolute atomic E-state index is 10.9. The van der Waals surface area contributed by atoms with Crippen molar-refractivity contribution in [1.29, 1.82) is 0 Å². The second-order valence-electron chi connectivity index (χ2n) is 2.91. The number of carbonyl (C=O) groups is 1. The van der Waals surface area contributed by atoms with Crippen molar-refractivity contribution in [1.82, 2.24) is 4.90 Å². The van der Waals surface area contributed by atoms with E-state index in [1.165, 1.54) is 11.8 Å². The molecule has 1 atom stereocenters. The molecule has 0 aromatic heterocycles. The minimum atomic E-state index is 0.363. The number of carbonyl (C=O) groups excluding carboxylic acids is 1. The Kier molecular flexibility index (Phi) is 2.00. The molecular formula is C8H11NOS. The third-order valence-corrected chi connectivity index (χ3v) is 3.39. The van der Waals surface area contributed by atoms with Gasteiger partial charge in [-0.25, -0.2) is 0 Å². The molecule has 2 nitrogen and oxygen atoms in total. The van der Waals surface area contributed by atoms with Crippen molar-refractivity contribution >= 4 is 16.9 Å². The Hall–Kier alpha value is -0.280. The second kappa shape index (κ2) is 2.99. The first-order valence-electron chi connectivity index (χ1n) is 3.95. The van der Waals surface area contributed by atoms with Gasteiger partial charge in [0.25, 0.3) is 0 Å². The van der Waals surface area contributed by atoms with E-state index >= 15 is 0 Å². The zero-order valence-electron chi connectivity index (χ0n) is 6.32. The van der Waals surface area contributed by atoms with Crippen LogP contribution in [0.25, 0.3) is 0 Å². The molecule has 0 radical (unpaired) electrons. The maximum atomic E-state index is 10.9. The lowest BCUT2D eigenvalue weighted by molar-refractivity contribution is -0.110. The highest BCUT2D eigenvalue weighted by molar-refractivity contribution is 8.14. The molecule has 3 heteroatoms. The molecular weight excluding hydrogens is 158 g/mol. The zero-order chi connectivity index (χ0) is 7.68. The van der Waals surface area contributed by atoms with Crippen LogP contribution in [0.5, 0.6) is 0 Å².